The van der Waals surface area contributed by atoms with E-state index in [0.717, 1.165) is 18.2 Å². The summed E-state index contributed by atoms with van der Waals surface area (Å²) in [5, 5.41) is 5.12. The van der Waals surface area contributed by atoms with Gasteiger partial charge in [0.1, 0.15) is 5.58 Å². The number of carbonyl (C=O) groups excluding carboxylic acids is 1. The molecule has 5 heteroatoms. The van der Waals surface area contributed by atoms with Crippen LogP contribution in [0.2, 0.25) is 5.02 Å². The maximum absolute atomic E-state index is 12.7. The topological polar surface area (TPSA) is 45.5 Å². The van der Waals surface area contributed by atoms with Crippen molar-refractivity contribution in [3.8, 4) is 0 Å². The SMILES string of the molecule is CN(C(=O)c1cc2cc(Cl)ccc2o1)C1CC2CCC(C1)N2. The number of nitrogens with one attached hydrogen (secondary N) is 1. The van der Waals surface area contributed by atoms with Crippen LogP contribution in [-0.4, -0.2) is 36.0 Å². The first-order valence-electron chi connectivity index (χ1n) is 7.82. The van der Waals surface area contributed by atoms with Gasteiger partial charge in [0.2, 0.25) is 0 Å². The highest BCUT2D eigenvalue weighted by Crippen LogP contribution is 2.30. The van der Waals surface area contributed by atoms with Crippen molar-refractivity contribution in [1.82, 2.24) is 10.2 Å². The average Bonchev–Trinajstić information content (AvgIpc) is 3.08. The third-order valence-electron chi connectivity index (χ3n) is 5.01. The Kier molecular flexibility index (Phi) is 3.39. The van der Waals surface area contributed by atoms with E-state index in [-0.39, 0.29) is 5.91 Å². The number of piperidine rings is 1. The van der Waals surface area contributed by atoms with Crippen LogP contribution >= 0.6 is 11.6 Å². The van der Waals surface area contributed by atoms with E-state index < -0.39 is 0 Å². The minimum absolute atomic E-state index is 0.0429. The zero-order valence-corrected chi connectivity index (χ0v) is 13.3. The van der Waals surface area contributed by atoms with E-state index in [1.165, 1.54) is 12.8 Å². The number of halogens is 1. The predicted molar refractivity (Wildman–Crippen MR) is 86.3 cm³/mol. The lowest BCUT2D eigenvalue weighted by Crippen LogP contribution is -2.48. The van der Waals surface area contributed by atoms with Crippen molar-refractivity contribution in [2.24, 2.45) is 0 Å². The van der Waals surface area contributed by atoms with Crippen LogP contribution in [0, 0.1) is 0 Å². The molecule has 2 aromatic rings. The number of benzene rings is 1. The molecule has 0 aliphatic carbocycles. The van der Waals surface area contributed by atoms with Gasteiger partial charge in [-0.2, -0.15) is 0 Å². The van der Waals surface area contributed by atoms with E-state index in [2.05, 4.69) is 5.32 Å². The number of furan rings is 1. The van der Waals surface area contributed by atoms with E-state index in [0.29, 0.717) is 34.5 Å². The minimum atomic E-state index is -0.0429. The third-order valence-corrected chi connectivity index (χ3v) is 5.24. The van der Waals surface area contributed by atoms with E-state index in [1.54, 1.807) is 18.2 Å². The second-order valence-corrected chi connectivity index (χ2v) is 6.91. The Morgan fingerprint density at radius 1 is 1.27 bits per heavy atom. The molecule has 2 aliphatic heterocycles. The first-order valence-corrected chi connectivity index (χ1v) is 8.20. The molecule has 2 unspecified atom stereocenters. The molecule has 2 atom stereocenters. The number of rotatable bonds is 2. The van der Waals surface area contributed by atoms with Gasteiger partial charge in [-0.15, -0.1) is 0 Å². The van der Waals surface area contributed by atoms with Gasteiger partial charge in [-0.05, 0) is 49.9 Å². The van der Waals surface area contributed by atoms with Crippen LogP contribution in [0.4, 0.5) is 0 Å². The van der Waals surface area contributed by atoms with Crippen molar-refractivity contribution in [3.05, 3.63) is 35.0 Å². The van der Waals surface area contributed by atoms with Crippen molar-refractivity contribution in [3.63, 3.8) is 0 Å². The molecule has 1 aromatic carbocycles. The van der Waals surface area contributed by atoms with E-state index in [9.17, 15) is 4.79 Å². The normalized spacial score (nSPS) is 27.3. The first kappa shape index (κ1) is 14.1. The summed E-state index contributed by atoms with van der Waals surface area (Å²) in [4.78, 5) is 14.6. The summed E-state index contributed by atoms with van der Waals surface area (Å²) in [7, 11) is 1.89. The molecule has 0 spiro atoms. The highest BCUT2D eigenvalue weighted by atomic mass is 35.5. The molecule has 22 heavy (non-hydrogen) atoms. The van der Waals surface area contributed by atoms with Crippen LogP contribution in [0.25, 0.3) is 11.0 Å². The van der Waals surface area contributed by atoms with Gasteiger partial charge in [0.05, 0.1) is 0 Å². The molecule has 0 radical (unpaired) electrons. The molecular formula is C17H19ClN2O2. The Labute approximate surface area is 134 Å². The standard InChI is InChI=1S/C17H19ClN2O2/c1-20(14-8-12-3-4-13(9-14)19-12)17(21)16-7-10-6-11(18)2-5-15(10)22-16/h2,5-7,12-14,19H,3-4,8-9H2,1H3. The van der Waals surface area contributed by atoms with Gasteiger partial charge in [0.25, 0.3) is 5.91 Å². The van der Waals surface area contributed by atoms with Gasteiger partial charge in [-0.1, -0.05) is 11.6 Å². The maximum atomic E-state index is 12.7. The lowest BCUT2D eigenvalue weighted by Gasteiger charge is -2.35. The van der Waals surface area contributed by atoms with Crippen LogP contribution in [0.15, 0.2) is 28.7 Å². The lowest BCUT2D eigenvalue weighted by molar-refractivity contribution is 0.0652. The van der Waals surface area contributed by atoms with Crippen molar-refractivity contribution in [1.29, 1.82) is 0 Å². The molecule has 4 nitrogen and oxygen atoms in total. The fourth-order valence-electron chi connectivity index (χ4n) is 3.80. The summed E-state index contributed by atoms with van der Waals surface area (Å²) in [5.74, 6) is 0.351. The van der Waals surface area contributed by atoms with Crippen molar-refractivity contribution < 1.29 is 9.21 Å². The first-order chi connectivity index (χ1) is 10.6. The lowest BCUT2D eigenvalue weighted by atomic mass is 9.98. The van der Waals surface area contributed by atoms with Crippen molar-refractivity contribution in [2.75, 3.05) is 7.05 Å². The average molecular weight is 319 g/mol. The summed E-state index contributed by atoms with van der Waals surface area (Å²) in [5.41, 5.74) is 0.700. The van der Waals surface area contributed by atoms with Gasteiger partial charge in [0, 0.05) is 35.6 Å². The van der Waals surface area contributed by atoms with Crippen LogP contribution in [0.1, 0.15) is 36.2 Å². The molecule has 2 bridgehead atoms. The zero-order chi connectivity index (χ0) is 15.3. The van der Waals surface area contributed by atoms with Crippen LogP contribution in [0.5, 0.6) is 0 Å². The van der Waals surface area contributed by atoms with Gasteiger partial charge in [-0.3, -0.25) is 4.79 Å². The van der Waals surface area contributed by atoms with Crippen molar-refractivity contribution >= 4 is 28.5 Å². The van der Waals surface area contributed by atoms with Gasteiger partial charge < -0.3 is 14.6 Å². The summed E-state index contributed by atoms with van der Waals surface area (Å²) in [6.07, 6.45) is 4.52. The van der Waals surface area contributed by atoms with Gasteiger partial charge in [0.15, 0.2) is 5.76 Å². The van der Waals surface area contributed by atoms with Crippen LogP contribution in [-0.2, 0) is 0 Å². The molecule has 1 aromatic heterocycles. The number of amides is 1. The highest BCUT2D eigenvalue weighted by molar-refractivity contribution is 6.31. The Balaban J connectivity index is 1.56. The quantitative estimate of drug-likeness (QED) is 0.922. The number of hydrogen-bond acceptors (Lipinski definition) is 3. The van der Waals surface area contributed by atoms with Crippen molar-refractivity contribution in [2.45, 2.75) is 43.8 Å². The summed E-state index contributed by atoms with van der Waals surface area (Å²) in [6.45, 7) is 0. The number of carbonyl (C=O) groups is 1. The van der Waals surface area contributed by atoms with Crippen LogP contribution in [0.3, 0.4) is 0 Å². The predicted octanol–water partition coefficient (Wildman–Crippen LogP) is 3.44. The number of nitrogens with zero attached hydrogens (tertiary/aromatic N) is 1. The Morgan fingerprint density at radius 2 is 2.00 bits per heavy atom. The Bertz CT molecular complexity index is 715. The molecule has 0 saturated carbocycles. The van der Waals surface area contributed by atoms with E-state index in [1.807, 2.05) is 18.0 Å². The second kappa shape index (κ2) is 5.28. The fourth-order valence-corrected chi connectivity index (χ4v) is 3.98. The number of hydrogen-bond donors (Lipinski definition) is 1. The van der Waals surface area contributed by atoms with Crippen LogP contribution < -0.4 is 5.32 Å². The molecular weight excluding hydrogens is 300 g/mol. The molecule has 2 aliphatic rings. The maximum Gasteiger partial charge on any atom is 0.289 e. The fraction of sp³-hybridized carbons (Fsp3) is 0.471. The van der Waals surface area contributed by atoms with Gasteiger partial charge in [-0.25, -0.2) is 0 Å². The largest absolute Gasteiger partial charge is 0.451 e. The second-order valence-electron chi connectivity index (χ2n) is 6.47. The number of fused-ring (bicyclic) bond motifs is 3. The molecule has 116 valence electrons. The molecule has 3 heterocycles. The molecule has 4 rings (SSSR count). The Hall–Kier alpha value is -1.52. The Morgan fingerprint density at radius 3 is 2.73 bits per heavy atom. The molecule has 2 saturated heterocycles. The van der Waals surface area contributed by atoms with E-state index in [4.69, 9.17) is 16.0 Å². The highest BCUT2D eigenvalue weighted by Gasteiger charge is 2.37. The van der Waals surface area contributed by atoms with E-state index >= 15 is 0 Å². The zero-order valence-electron chi connectivity index (χ0n) is 12.5. The molecule has 1 amide bonds. The monoisotopic (exact) mass is 318 g/mol. The van der Waals surface area contributed by atoms with Gasteiger partial charge >= 0.3 is 0 Å². The minimum Gasteiger partial charge on any atom is -0.451 e. The summed E-state index contributed by atoms with van der Waals surface area (Å²) in [6, 6.07) is 8.61. The third kappa shape index (κ3) is 2.40. The molecule has 1 N–H and O–H groups in total. The molecule has 2 fully saturated rings. The smallest absolute Gasteiger partial charge is 0.289 e. The summed E-state index contributed by atoms with van der Waals surface area (Å²) < 4.78 is 5.70. The summed E-state index contributed by atoms with van der Waals surface area (Å²) >= 11 is 5.99.